The fourth-order valence-electron chi connectivity index (χ4n) is 4.26. The van der Waals surface area contributed by atoms with E-state index >= 15 is 0 Å². The number of alkyl halides is 2. The molecule has 188 valence electrons. The van der Waals surface area contributed by atoms with Gasteiger partial charge in [-0.15, -0.1) is 0 Å². The molecular weight excluding hydrogens is 475 g/mol. The maximum absolute atomic E-state index is 14.7. The Kier molecular flexibility index (Phi) is 7.10. The van der Waals surface area contributed by atoms with Gasteiger partial charge in [0.2, 0.25) is 5.91 Å². The molecule has 36 heavy (non-hydrogen) atoms. The van der Waals surface area contributed by atoms with Crippen molar-refractivity contribution in [2.24, 2.45) is 0 Å². The van der Waals surface area contributed by atoms with Crippen LogP contribution in [-0.2, 0) is 4.79 Å². The lowest BCUT2D eigenvalue weighted by molar-refractivity contribution is -0.130. The topological polar surface area (TPSA) is 118 Å². The van der Waals surface area contributed by atoms with E-state index in [1.807, 2.05) is 11.0 Å². The number of aromatic amines is 1. The van der Waals surface area contributed by atoms with Crippen LogP contribution in [0.15, 0.2) is 29.1 Å². The predicted octanol–water partition coefficient (Wildman–Crippen LogP) is 3.44. The maximum atomic E-state index is 14.7. The summed E-state index contributed by atoms with van der Waals surface area (Å²) in [6, 6.07) is 6.60. The number of anilines is 2. The van der Waals surface area contributed by atoms with Crippen molar-refractivity contribution in [3.8, 4) is 6.07 Å². The van der Waals surface area contributed by atoms with Gasteiger partial charge in [-0.05, 0) is 19.9 Å². The number of halogens is 3. The number of aryl methyl sites for hydroxylation is 1. The number of H-pyrrole nitrogens is 1. The van der Waals surface area contributed by atoms with Crippen molar-refractivity contribution < 1.29 is 18.0 Å². The van der Waals surface area contributed by atoms with E-state index in [1.165, 1.54) is 12.1 Å². The lowest BCUT2D eigenvalue weighted by Crippen LogP contribution is -2.49. The molecule has 1 aromatic carbocycles. The molecule has 0 spiro atoms. The summed E-state index contributed by atoms with van der Waals surface area (Å²) in [5.41, 5.74) is -0.365. The van der Waals surface area contributed by atoms with Gasteiger partial charge in [0.25, 0.3) is 12.0 Å². The zero-order valence-electron chi connectivity index (χ0n) is 19.7. The summed E-state index contributed by atoms with van der Waals surface area (Å²) >= 11 is 0. The van der Waals surface area contributed by atoms with Crippen molar-refractivity contribution in [1.82, 2.24) is 19.9 Å². The fourth-order valence-corrected chi connectivity index (χ4v) is 4.26. The smallest absolute Gasteiger partial charge is 0.273 e. The number of hydrogen-bond acceptors (Lipinski definition) is 7. The first-order chi connectivity index (χ1) is 17.2. The first-order valence-corrected chi connectivity index (χ1v) is 11.3. The molecule has 1 fully saturated rings. The number of hydrogen-bond donors (Lipinski definition) is 2. The second-order valence-electron chi connectivity index (χ2n) is 8.49. The van der Waals surface area contributed by atoms with Crippen LogP contribution >= 0.6 is 0 Å². The average molecular weight is 499 g/mol. The first kappa shape index (κ1) is 25.0. The summed E-state index contributed by atoms with van der Waals surface area (Å²) in [4.78, 5) is 39.7. The Bertz CT molecular complexity index is 1390. The van der Waals surface area contributed by atoms with Gasteiger partial charge >= 0.3 is 0 Å². The normalized spacial score (nSPS) is 14.7. The van der Waals surface area contributed by atoms with Crippen molar-refractivity contribution in [2.75, 3.05) is 36.4 Å². The van der Waals surface area contributed by atoms with Crippen LogP contribution in [0.2, 0.25) is 0 Å². The van der Waals surface area contributed by atoms with Gasteiger partial charge in [0, 0.05) is 31.7 Å². The molecule has 1 aliphatic rings. The highest BCUT2D eigenvalue weighted by Gasteiger charge is 2.24. The molecule has 3 heterocycles. The predicted molar refractivity (Wildman–Crippen MR) is 127 cm³/mol. The zero-order valence-corrected chi connectivity index (χ0v) is 19.7. The van der Waals surface area contributed by atoms with Gasteiger partial charge < -0.3 is 20.1 Å². The monoisotopic (exact) mass is 499 g/mol. The van der Waals surface area contributed by atoms with Crippen LogP contribution < -0.4 is 15.8 Å². The number of piperazine rings is 1. The Morgan fingerprint density at radius 3 is 2.58 bits per heavy atom. The second kappa shape index (κ2) is 10.2. The lowest BCUT2D eigenvalue weighted by atomic mass is 10.0. The van der Waals surface area contributed by atoms with E-state index in [2.05, 4.69) is 20.3 Å². The van der Waals surface area contributed by atoms with E-state index in [0.29, 0.717) is 48.9 Å². The minimum absolute atomic E-state index is 0.0556. The number of fused-ring (bicyclic) bond motifs is 1. The number of benzene rings is 1. The van der Waals surface area contributed by atoms with Crippen LogP contribution in [0.25, 0.3) is 11.0 Å². The van der Waals surface area contributed by atoms with E-state index in [1.54, 1.807) is 24.8 Å². The number of rotatable bonds is 6. The van der Waals surface area contributed by atoms with Gasteiger partial charge in [0.15, 0.2) is 0 Å². The number of nitrogens with one attached hydrogen (secondary N) is 2. The Morgan fingerprint density at radius 2 is 1.92 bits per heavy atom. The molecule has 1 saturated heterocycles. The van der Waals surface area contributed by atoms with Gasteiger partial charge in [0.05, 0.1) is 23.1 Å². The second-order valence-corrected chi connectivity index (χ2v) is 8.49. The van der Waals surface area contributed by atoms with Gasteiger partial charge in [-0.25, -0.2) is 23.1 Å². The summed E-state index contributed by atoms with van der Waals surface area (Å²) in [7, 11) is 0. The van der Waals surface area contributed by atoms with E-state index in [-0.39, 0.29) is 29.1 Å². The van der Waals surface area contributed by atoms with Crippen LogP contribution in [0.3, 0.4) is 0 Å². The molecule has 3 aromatic rings. The molecule has 9 nitrogen and oxygen atoms in total. The SMILES string of the molecule is Cc1nc(N[C@H](C)c2cccc(C(F)F)c2F)c2cc(N3CCN(C(=O)CC#N)CC3)c(=O)[nH]c2n1. The molecule has 0 radical (unpaired) electrons. The molecule has 0 bridgehead atoms. The fraction of sp³-hybridized carbons (Fsp3) is 0.375. The van der Waals surface area contributed by atoms with Crippen LogP contribution in [-0.4, -0.2) is 51.9 Å². The number of nitrogens with zero attached hydrogens (tertiary/aromatic N) is 5. The summed E-state index contributed by atoms with van der Waals surface area (Å²) < 4.78 is 41.1. The van der Waals surface area contributed by atoms with Gasteiger partial charge in [-0.2, -0.15) is 5.26 Å². The molecule has 2 aromatic heterocycles. The van der Waals surface area contributed by atoms with Crippen molar-refractivity contribution in [3.05, 3.63) is 57.4 Å². The number of carbonyl (C=O) groups is 1. The van der Waals surface area contributed by atoms with Gasteiger partial charge in [0.1, 0.15) is 35.2 Å². The molecular formula is C24H24F3N7O2. The third-order valence-electron chi connectivity index (χ3n) is 6.12. The number of pyridine rings is 1. The number of aromatic nitrogens is 3. The van der Waals surface area contributed by atoms with Crippen molar-refractivity contribution in [2.45, 2.75) is 32.7 Å². The highest BCUT2D eigenvalue weighted by molar-refractivity contribution is 5.89. The van der Waals surface area contributed by atoms with Crippen molar-refractivity contribution in [3.63, 3.8) is 0 Å². The summed E-state index contributed by atoms with van der Waals surface area (Å²) in [6.07, 6.45) is -3.14. The number of nitriles is 1. The summed E-state index contributed by atoms with van der Waals surface area (Å²) in [5.74, 6) is -0.572. The van der Waals surface area contributed by atoms with E-state index in [9.17, 15) is 22.8 Å². The molecule has 1 atom stereocenters. The van der Waals surface area contributed by atoms with Crippen molar-refractivity contribution in [1.29, 1.82) is 5.26 Å². The van der Waals surface area contributed by atoms with Crippen LogP contribution in [0.1, 0.15) is 42.8 Å². The Labute approximate surface area is 204 Å². The molecule has 0 aliphatic carbocycles. The number of amides is 1. The van der Waals surface area contributed by atoms with Crippen LogP contribution in [0.5, 0.6) is 0 Å². The van der Waals surface area contributed by atoms with E-state index in [4.69, 9.17) is 5.26 Å². The summed E-state index contributed by atoms with van der Waals surface area (Å²) in [5, 5.41) is 12.3. The zero-order chi connectivity index (χ0) is 26.0. The third kappa shape index (κ3) is 4.95. The van der Waals surface area contributed by atoms with Crippen LogP contribution in [0.4, 0.5) is 24.7 Å². The lowest BCUT2D eigenvalue weighted by Gasteiger charge is -2.35. The standard InChI is InChI=1S/C24H24F3N7O2/c1-13(15-4-3-5-16(20(15)25)21(26)27)29-22-17-12-18(24(36)32-23(17)31-14(2)30-22)33-8-10-34(11-9-33)19(35)6-7-28/h3-5,12-13,21H,6,8-11H2,1-2H3,(H2,29,30,31,32,36)/t13-/m1/s1. The highest BCUT2D eigenvalue weighted by Crippen LogP contribution is 2.30. The quantitative estimate of drug-likeness (QED) is 0.533. The highest BCUT2D eigenvalue weighted by atomic mass is 19.3. The van der Waals surface area contributed by atoms with Crippen LogP contribution in [0, 0.1) is 24.1 Å². The minimum atomic E-state index is -2.94. The van der Waals surface area contributed by atoms with E-state index in [0.717, 1.165) is 6.07 Å². The Balaban J connectivity index is 1.65. The molecule has 1 amide bonds. The first-order valence-electron chi connectivity index (χ1n) is 11.3. The average Bonchev–Trinajstić information content (AvgIpc) is 2.83. The van der Waals surface area contributed by atoms with E-state index < -0.39 is 23.8 Å². The van der Waals surface area contributed by atoms with Gasteiger partial charge in [-0.3, -0.25) is 9.59 Å². The molecule has 12 heteroatoms. The third-order valence-corrected chi connectivity index (χ3v) is 6.12. The molecule has 0 unspecified atom stereocenters. The largest absolute Gasteiger partial charge is 0.364 e. The Hall–Kier alpha value is -4.14. The van der Waals surface area contributed by atoms with Gasteiger partial charge in [-0.1, -0.05) is 18.2 Å². The maximum Gasteiger partial charge on any atom is 0.273 e. The molecule has 4 rings (SSSR count). The molecule has 2 N–H and O–H groups in total. The Morgan fingerprint density at radius 1 is 1.22 bits per heavy atom. The summed E-state index contributed by atoms with van der Waals surface area (Å²) in [6.45, 7) is 4.78. The number of carbonyl (C=O) groups excluding carboxylic acids is 1. The van der Waals surface area contributed by atoms with Crippen molar-refractivity contribution >= 4 is 28.4 Å². The molecule has 1 aliphatic heterocycles. The molecule has 0 saturated carbocycles. The minimum Gasteiger partial charge on any atom is -0.364 e.